The van der Waals surface area contributed by atoms with E-state index in [2.05, 4.69) is 30.2 Å². The molecule has 5 rings (SSSR count). The number of piperazine rings is 1. The summed E-state index contributed by atoms with van der Waals surface area (Å²) in [5.41, 5.74) is 1.53. The fourth-order valence-electron chi connectivity index (χ4n) is 3.99. The van der Waals surface area contributed by atoms with Gasteiger partial charge in [-0.2, -0.15) is 5.10 Å². The highest BCUT2D eigenvalue weighted by atomic mass is 16.5. The summed E-state index contributed by atoms with van der Waals surface area (Å²) in [5, 5.41) is 8.22. The molecule has 33 heavy (non-hydrogen) atoms. The molecule has 168 valence electrons. The first-order valence-electron chi connectivity index (χ1n) is 10.9. The summed E-state index contributed by atoms with van der Waals surface area (Å²) in [6.45, 7) is 3.46. The van der Waals surface area contributed by atoms with Crippen molar-refractivity contribution < 1.29 is 9.53 Å². The average molecular weight is 444 g/mol. The summed E-state index contributed by atoms with van der Waals surface area (Å²) in [4.78, 5) is 25.8. The molecular formula is C24H25N7O2. The van der Waals surface area contributed by atoms with Gasteiger partial charge in [-0.25, -0.2) is 9.97 Å². The number of ether oxygens (including phenoxy) is 1. The normalized spacial score (nSPS) is 14.4. The Hall–Kier alpha value is -3.98. The minimum Gasteiger partial charge on any atom is -0.457 e. The smallest absolute Gasteiger partial charge is 0.238 e. The summed E-state index contributed by atoms with van der Waals surface area (Å²) in [5.74, 6) is 2.29. The first-order valence-corrected chi connectivity index (χ1v) is 10.9. The minimum absolute atomic E-state index is 0.0444. The molecule has 1 N–H and O–H groups in total. The van der Waals surface area contributed by atoms with E-state index in [0.717, 1.165) is 48.8 Å². The van der Waals surface area contributed by atoms with Crippen LogP contribution in [0, 0.1) is 0 Å². The number of hydrogen-bond acceptors (Lipinski definition) is 7. The molecule has 4 aromatic rings. The maximum absolute atomic E-state index is 12.6. The van der Waals surface area contributed by atoms with E-state index in [1.165, 1.54) is 0 Å². The lowest BCUT2D eigenvalue weighted by Gasteiger charge is -2.35. The van der Waals surface area contributed by atoms with Crippen LogP contribution in [-0.4, -0.2) is 63.3 Å². The van der Waals surface area contributed by atoms with Gasteiger partial charge in [0.05, 0.1) is 18.1 Å². The molecule has 2 aromatic carbocycles. The van der Waals surface area contributed by atoms with Gasteiger partial charge in [0.15, 0.2) is 5.65 Å². The van der Waals surface area contributed by atoms with Gasteiger partial charge in [-0.15, -0.1) is 0 Å². The number of nitrogens with zero attached hydrogens (tertiary/aromatic N) is 6. The highest BCUT2D eigenvalue weighted by Crippen LogP contribution is 2.25. The van der Waals surface area contributed by atoms with Crippen LogP contribution in [0.4, 0.5) is 11.5 Å². The zero-order valence-electron chi connectivity index (χ0n) is 18.4. The Morgan fingerprint density at radius 3 is 2.61 bits per heavy atom. The van der Waals surface area contributed by atoms with Crippen LogP contribution in [0.1, 0.15) is 0 Å². The van der Waals surface area contributed by atoms with Crippen LogP contribution in [0.3, 0.4) is 0 Å². The Morgan fingerprint density at radius 2 is 1.79 bits per heavy atom. The molecule has 1 amide bonds. The summed E-state index contributed by atoms with van der Waals surface area (Å²) in [6.07, 6.45) is 3.38. The number of amides is 1. The van der Waals surface area contributed by atoms with Crippen molar-refractivity contribution in [3.8, 4) is 11.5 Å². The van der Waals surface area contributed by atoms with Crippen LogP contribution < -0.4 is 15.0 Å². The summed E-state index contributed by atoms with van der Waals surface area (Å²) >= 11 is 0. The largest absolute Gasteiger partial charge is 0.457 e. The van der Waals surface area contributed by atoms with Gasteiger partial charge < -0.3 is 15.0 Å². The monoisotopic (exact) mass is 443 g/mol. The van der Waals surface area contributed by atoms with Crippen molar-refractivity contribution in [1.29, 1.82) is 0 Å². The molecule has 0 atom stereocenters. The second kappa shape index (κ2) is 9.25. The lowest BCUT2D eigenvalue weighted by Crippen LogP contribution is -2.49. The van der Waals surface area contributed by atoms with E-state index in [9.17, 15) is 4.79 Å². The quantitative estimate of drug-likeness (QED) is 0.490. The van der Waals surface area contributed by atoms with E-state index in [-0.39, 0.29) is 5.91 Å². The third-order valence-corrected chi connectivity index (χ3v) is 5.64. The van der Waals surface area contributed by atoms with Crippen molar-refractivity contribution in [3.63, 3.8) is 0 Å². The SMILES string of the molecule is Cn1ncc2c(N3CCN(CC(=O)Nc4cccc(Oc5ccccc5)c4)CC3)ncnc21. The van der Waals surface area contributed by atoms with Crippen LogP contribution >= 0.6 is 0 Å². The van der Waals surface area contributed by atoms with E-state index in [1.807, 2.05) is 61.6 Å². The van der Waals surface area contributed by atoms with E-state index in [4.69, 9.17) is 4.74 Å². The van der Waals surface area contributed by atoms with E-state index in [0.29, 0.717) is 18.0 Å². The number of hydrogen-bond donors (Lipinski definition) is 1. The predicted octanol–water partition coefficient (Wildman–Crippen LogP) is 2.92. The van der Waals surface area contributed by atoms with Crippen molar-refractivity contribution in [3.05, 3.63) is 67.1 Å². The second-order valence-corrected chi connectivity index (χ2v) is 7.96. The molecule has 0 saturated carbocycles. The van der Waals surface area contributed by atoms with Crippen LogP contribution in [0.2, 0.25) is 0 Å². The second-order valence-electron chi connectivity index (χ2n) is 7.96. The molecule has 3 heterocycles. The minimum atomic E-state index is -0.0444. The Kier molecular flexibility index (Phi) is 5.86. The lowest BCUT2D eigenvalue weighted by atomic mass is 10.2. The summed E-state index contributed by atoms with van der Waals surface area (Å²) in [6, 6.07) is 17.0. The molecule has 1 saturated heterocycles. The molecule has 0 spiro atoms. The van der Waals surface area contributed by atoms with Crippen LogP contribution in [0.15, 0.2) is 67.1 Å². The molecule has 9 heteroatoms. The number of fused-ring (bicyclic) bond motifs is 1. The van der Waals surface area contributed by atoms with Crippen LogP contribution in [0.25, 0.3) is 11.0 Å². The maximum atomic E-state index is 12.6. The maximum Gasteiger partial charge on any atom is 0.238 e. The van der Waals surface area contributed by atoms with Crippen LogP contribution in [0.5, 0.6) is 11.5 Å². The van der Waals surface area contributed by atoms with Gasteiger partial charge in [0.25, 0.3) is 0 Å². The highest BCUT2D eigenvalue weighted by Gasteiger charge is 2.22. The molecule has 9 nitrogen and oxygen atoms in total. The number of para-hydroxylation sites is 1. The van der Waals surface area contributed by atoms with Crippen molar-refractivity contribution in [2.75, 3.05) is 42.9 Å². The molecule has 1 aliphatic rings. The molecule has 1 fully saturated rings. The van der Waals surface area contributed by atoms with Crippen molar-refractivity contribution in [2.45, 2.75) is 0 Å². The zero-order valence-corrected chi connectivity index (χ0v) is 18.4. The number of carbonyl (C=O) groups excluding carboxylic acids is 1. The average Bonchev–Trinajstić information content (AvgIpc) is 3.21. The van der Waals surface area contributed by atoms with Gasteiger partial charge >= 0.3 is 0 Å². The van der Waals surface area contributed by atoms with E-state index in [1.54, 1.807) is 17.2 Å². The fourth-order valence-corrected chi connectivity index (χ4v) is 3.99. The van der Waals surface area contributed by atoms with Crippen molar-refractivity contribution >= 4 is 28.4 Å². The van der Waals surface area contributed by atoms with Gasteiger partial charge in [-0.3, -0.25) is 14.4 Å². The van der Waals surface area contributed by atoms with Gasteiger partial charge in [0.2, 0.25) is 5.91 Å². The number of benzene rings is 2. The predicted molar refractivity (Wildman–Crippen MR) is 127 cm³/mol. The van der Waals surface area contributed by atoms with Crippen molar-refractivity contribution in [2.24, 2.45) is 7.05 Å². The number of carbonyl (C=O) groups is 1. The Labute approximate surface area is 191 Å². The summed E-state index contributed by atoms with van der Waals surface area (Å²) in [7, 11) is 1.87. The number of anilines is 2. The van der Waals surface area contributed by atoms with Gasteiger partial charge in [0, 0.05) is 45.0 Å². The summed E-state index contributed by atoms with van der Waals surface area (Å²) < 4.78 is 7.60. The molecule has 1 aliphatic heterocycles. The van der Waals surface area contributed by atoms with Gasteiger partial charge in [0.1, 0.15) is 23.6 Å². The zero-order chi connectivity index (χ0) is 22.6. The van der Waals surface area contributed by atoms with Gasteiger partial charge in [-0.1, -0.05) is 24.3 Å². The fraction of sp³-hybridized carbons (Fsp3) is 0.250. The van der Waals surface area contributed by atoms with Gasteiger partial charge in [-0.05, 0) is 24.3 Å². The van der Waals surface area contributed by atoms with Crippen molar-refractivity contribution in [1.82, 2.24) is 24.6 Å². The molecule has 0 radical (unpaired) electrons. The molecule has 0 bridgehead atoms. The molecule has 2 aromatic heterocycles. The molecule has 0 aliphatic carbocycles. The Morgan fingerprint density at radius 1 is 1.00 bits per heavy atom. The number of rotatable bonds is 6. The number of nitrogens with one attached hydrogen (secondary N) is 1. The molecular weight excluding hydrogens is 418 g/mol. The van der Waals surface area contributed by atoms with Crippen LogP contribution in [-0.2, 0) is 11.8 Å². The first-order chi connectivity index (χ1) is 16.2. The third kappa shape index (κ3) is 4.78. The third-order valence-electron chi connectivity index (χ3n) is 5.64. The first kappa shape index (κ1) is 20.9. The number of aromatic nitrogens is 4. The number of aryl methyl sites for hydroxylation is 1. The van der Waals surface area contributed by atoms with E-state index >= 15 is 0 Å². The van der Waals surface area contributed by atoms with E-state index < -0.39 is 0 Å². The topological polar surface area (TPSA) is 88.4 Å². The Balaban J connectivity index is 1.15. The lowest BCUT2D eigenvalue weighted by molar-refractivity contribution is -0.117. The standard InChI is InChI=1S/C24H25N7O2/c1-29-23-21(15-27-29)24(26-17-25-23)31-12-10-30(11-13-31)16-22(32)28-18-6-5-9-20(14-18)33-19-7-3-2-4-8-19/h2-9,14-15,17H,10-13,16H2,1H3,(H,28,32). The molecule has 0 unspecified atom stereocenters. The Bertz CT molecular complexity index is 1250. The highest BCUT2D eigenvalue weighted by molar-refractivity contribution is 5.92.